The van der Waals surface area contributed by atoms with Gasteiger partial charge in [0, 0.05) is 32.4 Å². The molecule has 118 valence electrons. The van der Waals surface area contributed by atoms with E-state index in [4.69, 9.17) is 10.5 Å². The Morgan fingerprint density at radius 2 is 1.85 bits per heavy atom. The van der Waals surface area contributed by atoms with Gasteiger partial charge in [-0.2, -0.15) is 13.2 Å². The zero-order valence-corrected chi connectivity index (χ0v) is 10.9. The van der Waals surface area contributed by atoms with Gasteiger partial charge in [-0.25, -0.2) is 8.78 Å². The fourth-order valence-electron chi connectivity index (χ4n) is 1.59. The molecule has 0 aromatic rings. The zero-order chi connectivity index (χ0) is 16.0. The van der Waals surface area contributed by atoms with Crippen molar-refractivity contribution >= 4 is 12.2 Å². The van der Waals surface area contributed by atoms with Crippen LogP contribution in [0.4, 0.5) is 22.0 Å². The third-order valence-electron chi connectivity index (χ3n) is 2.65. The van der Waals surface area contributed by atoms with E-state index in [1.807, 2.05) is 0 Å². The van der Waals surface area contributed by atoms with Gasteiger partial charge in [0.25, 0.3) is 0 Å². The lowest BCUT2D eigenvalue weighted by atomic mass is 9.80. The molecule has 0 saturated heterocycles. The van der Waals surface area contributed by atoms with Gasteiger partial charge in [-0.3, -0.25) is 9.59 Å². The second-order valence-electron chi connectivity index (χ2n) is 4.52. The SMILES string of the molecule is CN(CCCN)C(=O)C1CC(F)(F)C1.O=CC(F)(F)F. The molecule has 1 amide bonds. The van der Waals surface area contributed by atoms with Gasteiger partial charge in [0.05, 0.1) is 0 Å². The summed E-state index contributed by atoms with van der Waals surface area (Å²) in [7, 11) is 1.63. The third-order valence-corrected chi connectivity index (χ3v) is 2.65. The van der Waals surface area contributed by atoms with Gasteiger partial charge in [0.2, 0.25) is 18.1 Å². The number of alkyl halides is 5. The summed E-state index contributed by atoms with van der Waals surface area (Å²) in [5, 5.41) is 0. The fraction of sp³-hybridized carbons (Fsp3) is 0.818. The summed E-state index contributed by atoms with van der Waals surface area (Å²) in [4.78, 5) is 21.7. The van der Waals surface area contributed by atoms with Gasteiger partial charge in [-0.1, -0.05) is 0 Å². The van der Waals surface area contributed by atoms with Gasteiger partial charge >= 0.3 is 6.18 Å². The minimum Gasteiger partial charge on any atom is -0.345 e. The fourth-order valence-corrected chi connectivity index (χ4v) is 1.59. The van der Waals surface area contributed by atoms with Crippen molar-refractivity contribution in [3.8, 4) is 0 Å². The highest BCUT2D eigenvalue weighted by Gasteiger charge is 2.49. The molecule has 2 N–H and O–H groups in total. The average Bonchev–Trinajstić information content (AvgIpc) is 2.31. The summed E-state index contributed by atoms with van der Waals surface area (Å²) in [6, 6.07) is 0. The molecule has 1 rings (SSSR count). The maximum atomic E-state index is 12.5. The summed E-state index contributed by atoms with van der Waals surface area (Å²) < 4.78 is 56.2. The van der Waals surface area contributed by atoms with E-state index in [0.717, 1.165) is 0 Å². The standard InChI is InChI=1S/C9H16F2N2O.C2HF3O/c1-13(4-2-3-12)8(14)7-5-9(10,11)6-7;3-2(4,5)1-6/h7H,2-6,12H2,1H3;1H. The second-order valence-corrected chi connectivity index (χ2v) is 4.52. The molecule has 1 saturated carbocycles. The maximum absolute atomic E-state index is 12.5. The Kier molecular flexibility index (Phi) is 7.04. The van der Waals surface area contributed by atoms with Crippen molar-refractivity contribution < 1.29 is 31.5 Å². The van der Waals surface area contributed by atoms with Crippen LogP contribution >= 0.6 is 0 Å². The minimum atomic E-state index is -4.64. The Morgan fingerprint density at radius 1 is 1.40 bits per heavy atom. The van der Waals surface area contributed by atoms with E-state index in [1.54, 1.807) is 7.05 Å². The van der Waals surface area contributed by atoms with Crippen molar-refractivity contribution in [2.24, 2.45) is 11.7 Å². The molecule has 20 heavy (non-hydrogen) atoms. The average molecular weight is 304 g/mol. The van der Waals surface area contributed by atoms with Crippen LogP contribution in [0, 0.1) is 5.92 Å². The van der Waals surface area contributed by atoms with Crippen molar-refractivity contribution in [3.63, 3.8) is 0 Å². The first-order valence-electron chi connectivity index (χ1n) is 5.88. The quantitative estimate of drug-likeness (QED) is 0.633. The Hall–Kier alpha value is -1.25. The number of halogens is 5. The maximum Gasteiger partial charge on any atom is 0.446 e. The smallest absolute Gasteiger partial charge is 0.345 e. The first-order valence-corrected chi connectivity index (χ1v) is 5.88. The number of nitrogens with zero attached hydrogens (tertiary/aromatic N) is 1. The van der Waals surface area contributed by atoms with Crippen LogP contribution in [0.15, 0.2) is 0 Å². The van der Waals surface area contributed by atoms with Crippen molar-refractivity contribution in [3.05, 3.63) is 0 Å². The van der Waals surface area contributed by atoms with Crippen molar-refractivity contribution in [2.75, 3.05) is 20.1 Å². The van der Waals surface area contributed by atoms with Crippen LogP contribution in [-0.2, 0) is 9.59 Å². The molecule has 0 heterocycles. The topological polar surface area (TPSA) is 63.4 Å². The summed E-state index contributed by atoms with van der Waals surface area (Å²) in [6.07, 6.45) is -5.57. The summed E-state index contributed by atoms with van der Waals surface area (Å²) >= 11 is 0. The van der Waals surface area contributed by atoms with Gasteiger partial charge in [-0.15, -0.1) is 0 Å². The van der Waals surface area contributed by atoms with Crippen molar-refractivity contribution in [2.45, 2.75) is 31.4 Å². The van der Waals surface area contributed by atoms with Crippen LogP contribution in [0.5, 0.6) is 0 Å². The summed E-state index contributed by atoms with van der Waals surface area (Å²) in [5.41, 5.74) is 5.28. The molecule has 0 aromatic heterocycles. The molecule has 0 atom stereocenters. The zero-order valence-electron chi connectivity index (χ0n) is 10.9. The number of amides is 1. The lowest BCUT2D eigenvalue weighted by molar-refractivity contribution is -0.158. The van der Waals surface area contributed by atoms with Crippen LogP contribution in [0.1, 0.15) is 19.3 Å². The van der Waals surface area contributed by atoms with Gasteiger partial charge in [-0.05, 0) is 13.0 Å². The molecule has 0 radical (unpaired) electrons. The first-order chi connectivity index (χ1) is 9.02. The number of carbonyl (C=O) groups excluding carboxylic acids is 2. The minimum absolute atomic E-state index is 0.177. The van der Waals surface area contributed by atoms with Gasteiger partial charge in [0.1, 0.15) is 0 Å². The number of carbonyl (C=O) groups is 2. The van der Waals surface area contributed by atoms with Gasteiger partial charge in [0.15, 0.2) is 0 Å². The predicted molar refractivity (Wildman–Crippen MR) is 61.1 cm³/mol. The Morgan fingerprint density at radius 3 is 2.15 bits per heavy atom. The molecule has 0 aromatic carbocycles. The molecule has 1 aliphatic carbocycles. The molecular weight excluding hydrogens is 287 g/mol. The molecule has 4 nitrogen and oxygen atoms in total. The highest BCUT2D eigenvalue weighted by atomic mass is 19.4. The summed E-state index contributed by atoms with van der Waals surface area (Å²) in [6.45, 7) is 1.07. The van der Waals surface area contributed by atoms with Crippen LogP contribution in [0.2, 0.25) is 0 Å². The number of hydrogen-bond donors (Lipinski definition) is 1. The molecule has 0 spiro atoms. The molecule has 1 aliphatic rings. The van der Waals surface area contributed by atoms with Crippen molar-refractivity contribution in [1.82, 2.24) is 4.90 Å². The van der Waals surface area contributed by atoms with Crippen LogP contribution in [0.25, 0.3) is 0 Å². The molecule has 0 bridgehead atoms. The molecular formula is C11H17F5N2O2. The normalized spacial score (nSPS) is 17.6. The van der Waals surface area contributed by atoms with Crippen LogP contribution < -0.4 is 5.73 Å². The number of rotatable bonds is 4. The second kappa shape index (κ2) is 7.51. The predicted octanol–water partition coefficient (Wildman–Crippen LogP) is 1.59. The molecule has 1 fully saturated rings. The highest BCUT2D eigenvalue weighted by Crippen LogP contribution is 2.43. The van der Waals surface area contributed by atoms with E-state index in [2.05, 4.69) is 0 Å². The van der Waals surface area contributed by atoms with Crippen LogP contribution in [0.3, 0.4) is 0 Å². The molecule has 0 aliphatic heterocycles. The lowest BCUT2D eigenvalue weighted by Crippen LogP contribution is -2.46. The lowest BCUT2D eigenvalue weighted by Gasteiger charge is -2.36. The Labute approximate surface area is 113 Å². The first kappa shape index (κ1) is 18.8. The van der Waals surface area contributed by atoms with E-state index in [-0.39, 0.29) is 18.7 Å². The van der Waals surface area contributed by atoms with E-state index in [9.17, 15) is 26.7 Å². The van der Waals surface area contributed by atoms with E-state index >= 15 is 0 Å². The molecule has 9 heteroatoms. The number of aldehydes is 1. The Bertz CT molecular complexity index is 325. The monoisotopic (exact) mass is 304 g/mol. The third kappa shape index (κ3) is 7.37. The Balaban J connectivity index is 0.000000511. The van der Waals surface area contributed by atoms with Crippen molar-refractivity contribution in [1.29, 1.82) is 0 Å². The molecule has 0 unspecified atom stereocenters. The van der Waals surface area contributed by atoms with Crippen LogP contribution in [-0.4, -0.2) is 49.3 Å². The van der Waals surface area contributed by atoms with Gasteiger partial charge < -0.3 is 10.6 Å². The largest absolute Gasteiger partial charge is 0.446 e. The van der Waals surface area contributed by atoms with E-state index < -0.39 is 24.3 Å². The highest BCUT2D eigenvalue weighted by molar-refractivity contribution is 5.79. The van der Waals surface area contributed by atoms with E-state index in [1.165, 1.54) is 4.90 Å². The number of hydrogen-bond acceptors (Lipinski definition) is 3. The van der Waals surface area contributed by atoms with E-state index in [0.29, 0.717) is 19.5 Å². The summed E-state index contributed by atoms with van der Waals surface area (Å²) in [5.74, 6) is -3.27. The number of nitrogens with two attached hydrogens (primary N) is 1.